The molecule has 1 rings (SSSR count). The van der Waals surface area contributed by atoms with Gasteiger partial charge in [0.2, 0.25) is 0 Å². The standard InChI is InChI=1S/C14H23N3OS/c1-11-5-6-12(9-16-11)7-8-15-13(18)17-10-14(2,3)19-4/h5-6,9H,7-8,10H2,1-4H3,(H2,15,17,18). The monoisotopic (exact) mass is 281 g/mol. The first-order valence-corrected chi connectivity index (χ1v) is 7.64. The van der Waals surface area contributed by atoms with Gasteiger partial charge in [-0.1, -0.05) is 6.07 Å². The number of nitrogens with zero attached hydrogens (tertiary/aromatic N) is 1. The van der Waals surface area contributed by atoms with E-state index in [9.17, 15) is 4.79 Å². The number of amides is 2. The molecule has 0 radical (unpaired) electrons. The van der Waals surface area contributed by atoms with Crippen molar-refractivity contribution in [3.05, 3.63) is 29.6 Å². The van der Waals surface area contributed by atoms with E-state index in [0.717, 1.165) is 17.7 Å². The Morgan fingerprint density at radius 3 is 2.68 bits per heavy atom. The van der Waals surface area contributed by atoms with Crippen molar-refractivity contribution in [3.8, 4) is 0 Å². The zero-order valence-electron chi connectivity index (χ0n) is 12.1. The highest BCUT2D eigenvalue weighted by atomic mass is 32.2. The summed E-state index contributed by atoms with van der Waals surface area (Å²) in [5.41, 5.74) is 2.14. The lowest BCUT2D eigenvalue weighted by molar-refractivity contribution is 0.240. The third-order valence-corrected chi connectivity index (χ3v) is 4.15. The molecule has 106 valence electrons. The molecule has 0 saturated carbocycles. The molecule has 0 saturated heterocycles. The van der Waals surface area contributed by atoms with Crippen molar-refractivity contribution in [2.75, 3.05) is 19.3 Å². The summed E-state index contributed by atoms with van der Waals surface area (Å²) >= 11 is 1.74. The third-order valence-electron chi connectivity index (χ3n) is 2.90. The summed E-state index contributed by atoms with van der Waals surface area (Å²) in [6.07, 6.45) is 4.70. The van der Waals surface area contributed by atoms with Gasteiger partial charge in [0.05, 0.1) is 0 Å². The van der Waals surface area contributed by atoms with Crippen LogP contribution in [0.2, 0.25) is 0 Å². The van der Waals surface area contributed by atoms with Crippen molar-refractivity contribution in [2.24, 2.45) is 0 Å². The number of rotatable bonds is 6. The zero-order chi connectivity index (χ0) is 14.3. The number of hydrogen-bond acceptors (Lipinski definition) is 3. The highest BCUT2D eigenvalue weighted by Gasteiger charge is 2.16. The fraction of sp³-hybridized carbons (Fsp3) is 0.571. The SMILES string of the molecule is CSC(C)(C)CNC(=O)NCCc1ccc(C)nc1. The first kappa shape index (κ1) is 15.8. The van der Waals surface area contributed by atoms with E-state index in [1.807, 2.05) is 31.5 Å². The number of nitrogens with one attached hydrogen (secondary N) is 2. The molecular formula is C14H23N3OS. The van der Waals surface area contributed by atoms with Crippen LogP contribution in [0.15, 0.2) is 18.3 Å². The molecule has 0 aliphatic rings. The zero-order valence-corrected chi connectivity index (χ0v) is 12.9. The van der Waals surface area contributed by atoms with Crippen molar-refractivity contribution >= 4 is 17.8 Å². The Bertz CT molecular complexity index is 404. The van der Waals surface area contributed by atoms with Crippen molar-refractivity contribution in [1.29, 1.82) is 0 Å². The minimum atomic E-state index is -0.109. The molecule has 0 spiro atoms. The predicted molar refractivity (Wildman–Crippen MR) is 81.7 cm³/mol. The minimum absolute atomic E-state index is 0.0677. The Morgan fingerprint density at radius 1 is 1.37 bits per heavy atom. The maximum Gasteiger partial charge on any atom is 0.314 e. The first-order chi connectivity index (χ1) is 8.93. The number of aromatic nitrogens is 1. The van der Waals surface area contributed by atoms with Crippen molar-refractivity contribution in [2.45, 2.75) is 31.9 Å². The van der Waals surface area contributed by atoms with Gasteiger partial charge in [-0.05, 0) is 45.1 Å². The second-order valence-electron chi connectivity index (χ2n) is 5.13. The molecule has 1 heterocycles. The maximum absolute atomic E-state index is 11.6. The number of thioether (sulfide) groups is 1. The lowest BCUT2D eigenvalue weighted by atomic mass is 10.2. The molecule has 1 aromatic heterocycles. The summed E-state index contributed by atoms with van der Waals surface area (Å²) in [5.74, 6) is 0. The van der Waals surface area contributed by atoms with Gasteiger partial charge < -0.3 is 10.6 Å². The molecular weight excluding hydrogens is 258 g/mol. The van der Waals surface area contributed by atoms with Gasteiger partial charge in [0.25, 0.3) is 0 Å². The number of aryl methyl sites for hydroxylation is 1. The molecule has 5 heteroatoms. The Labute approximate surface area is 119 Å². The van der Waals surface area contributed by atoms with Gasteiger partial charge in [0.1, 0.15) is 0 Å². The van der Waals surface area contributed by atoms with E-state index in [0.29, 0.717) is 13.1 Å². The molecule has 1 aromatic rings. The van der Waals surface area contributed by atoms with Gasteiger partial charge in [-0.15, -0.1) is 0 Å². The second kappa shape index (κ2) is 7.38. The van der Waals surface area contributed by atoms with E-state index >= 15 is 0 Å². The molecule has 0 bridgehead atoms. The van der Waals surface area contributed by atoms with Gasteiger partial charge in [-0.3, -0.25) is 4.98 Å². The average Bonchev–Trinajstić information content (AvgIpc) is 2.39. The van der Waals surface area contributed by atoms with Crippen LogP contribution in [0.1, 0.15) is 25.1 Å². The van der Waals surface area contributed by atoms with E-state index in [2.05, 4.69) is 29.5 Å². The summed E-state index contributed by atoms with van der Waals surface area (Å²) in [6.45, 7) is 7.46. The third kappa shape index (κ3) is 6.47. The number of carbonyl (C=O) groups is 1. The molecule has 19 heavy (non-hydrogen) atoms. The summed E-state index contributed by atoms with van der Waals surface area (Å²) < 4.78 is 0.0677. The van der Waals surface area contributed by atoms with Gasteiger partial charge in [0.15, 0.2) is 0 Å². The summed E-state index contributed by atoms with van der Waals surface area (Å²) in [5, 5.41) is 5.74. The van der Waals surface area contributed by atoms with E-state index in [4.69, 9.17) is 0 Å². The van der Waals surface area contributed by atoms with E-state index < -0.39 is 0 Å². The fourth-order valence-electron chi connectivity index (χ4n) is 1.39. The van der Waals surface area contributed by atoms with Gasteiger partial charge in [-0.2, -0.15) is 11.8 Å². The van der Waals surface area contributed by atoms with Gasteiger partial charge in [0, 0.05) is 29.7 Å². The normalized spacial score (nSPS) is 11.2. The van der Waals surface area contributed by atoms with Crippen molar-refractivity contribution < 1.29 is 4.79 Å². The van der Waals surface area contributed by atoms with Crippen LogP contribution in [0.25, 0.3) is 0 Å². The van der Waals surface area contributed by atoms with Crippen molar-refractivity contribution in [3.63, 3.8) is 0 Å². The molecule has 4 nitrogen and oxygen atoms in total. The van der Waals surface area contributed by atoms with Crippen LogP contribution >= 0.6 is 11.8 Å². The van der Waals surface area contributed by atoms with Crippen molar-refractivity contribution in [1.82, 2.24) is 15.6 Å². The molecule has 0 unspecified atom stereocenters. The number of carbonyl (C=O) groups excluding carboxylic acids is 1. The van der Waals surface area contributed by atoms with Crippen LogP contribution in [0.5, 0.6) is 0 Å². The molecule has 2 amide bonds. The van der Waals surface area contributed by atoms with Gasteiger partial charge >= 0.3 is 6.03 Å². The molecule has 2 N–H and O–H groups in total. The van der Waals surface area contributed by atoms with Crippen LogP contribution in [-0.4, -0.2) is 35.1 Å². The second-order valence-corrected chi connectivity index (χ2v) is 6.64. The van der Waals surface area contributed by atoms with E-state index in [1.54, 1.807) is 11.8 Å². The van der Waals surface area contributed by atoms with E-state index in [1.165, 1.54) is 0 Å². The largest absolute Gasteiger partial charge is 0.338 e. The highest BCUT2D eigenvalue weighted by Crippen LogP contribution is 2.19. The van der Waals surface area contributed by atoms with Crippen LogP contribution in [0.4, 0.5) is 4.79 Å². The Morgan fingerprint density at radius 2 is 2.11 bits per heavy atom. The molecule has 0 aliphatic carbocycles. The summed E-state index contributed by atoms with van der Waals surface area (Å²) in [4.78, 5) is 15.8. The number of urea groups is 1. The number of pyridine rings is 1. The highest BCUT2D eigenvalue weighted by molar-refractivity contribution is 7.99. The predicted octanol–water partition coefficient (Wildman–Crippen LogP) is 2.37. The van der Waals surface area contributed by atoms with Crippen LogP contribution < -0.4 is 10.6 Å². The average molecular weight is 281 g/mol. The minimum Gasteiger partial charge on any atom is -0.338 e. The summed E-state index contributed by atoms with van der Waals surface area (Å²) in [7, 11) is 0. The Hall–Kier alpha value is -1.23. The molecule has 0 atom stereocenters. The lowest BCUT2D eigenvalue weighted by Crippen LogP contribution is -2.42. The molecule has 0 aliphatic heterocycles. The maximum atomic E-state index is 11.6. The topological polar surface area (TPSA) is 54.0 Å². The number of hydrogen-bond donors (Lipinski definition) is 2. The van der Waals surface area contributed by atoms with Crippen LogP contribution in [-0.2, 0) is 6.42 Å². The summed E-state index contributed by atoms with van der Waals surface area (Å²) in [6, 6.07) is 3.91. The molecule has 0 fully saturated rings. The smallest absolute Gasteiger partial charge is 0.314 e. The lowest BCUT2D eigenvalue weighted by Gasteiger charge is -2.22. The van der Waals surface area contributed by atoms with E-state index in [-0.39, 0.29) is 10.8 Å². The molecule has 0 aromatic carbocycles. The first-order valence-electron chi connectivity index (χ1n) is 6.41. The quantitative estimate of drug-likeness (QED) is 0.841. The van der Waals surface area contributed by atoms with Crippen LogP contribution in [0.3, 0.4) is 0 Å². The fourth-order valence-corrected chi connectivity index (χ4v) is 1.61. The van der Waals surface area contributed by atoms with Gasteiger partial charge in [-0.25, -0.2) is 4.79 Å². The Balaban J connectivity index is 2.22. The Kier molecular flexibility index (Phi) is 6.15. The van der Waals surface area contributed by atoms with Crippen LogP contribution in [0, 0.1) is 6.92 Å².